The largest absolute Gasteiger partial charge is 0.456 e. The summed E-state index contributed by atoms with van der Waals surface area (Å²) in [6.45, 7) is 11.5. The molecule has 1 heterocycles. The number of nitrogens with zero attached hydrogens (tertiary/aromatic N) is 2. The van der Waals surface area contributed by atoms with Crippen molar-refractivity contribution in [2.75, 3.05) is 4.90 Å². The van der Waals surface area contributed by atoms with Crippen molar-refractivity contribution in [1.82, 2.24) is 4.98 Å². The molecule has 0 spiro atoms. The monoisotopic (exact) mass is 422 g/mol. The molecule has 0 aliphatic rings. The van der Waals surface area contributed by atoms with E-state index in [4.69, 9.17) is 4.74 Å². The van der Waals surface area contributed by atoms with E-state index in [1.165, 1.54) is 18.3 Å². The van der Waals surface area contributed by atoms with E-state index in [0.717, 1.165) is 33.5 Å². The Bertz CT molecular complexity index is 1090. The quantitative estimate of drug-likeness (QED) is 0.493. The molecule has 156 valence electrons. The lowest BCUT2D eigenvalue weighted by Gasteiger charge is -2.23. The molecule has 0 aliphatic heterocycles. The zero-order valence-corrected chi connectivity index (χ0v) is 19.0. The average molecular weight is 423 g/mol. The first kappa shape index (κ1) is 21.7. The molecule has 0 unspecified atom stereocenters. The van der Waals surface area contributed by atoms with Crippen LogP contribution in [0.1, 0.15) is 50.8 Å². The van der Waals surface area contributed by atoms with Crippen LogP contribution in [0.15, 0.2) is 35.7 Å². The van der Waals surface area contributed by atoms with Gasteiger partial charge in [0.2, 0.25) is 5.91 Å². The first-order valence-corrected chi connectivity index (χ1v) is 10.6. The number of esters is 1. The van der Waals surface area contributed by atoms with Crippen LogP contribution in [-0.2, 0) is 16.1 Å². The van der Waals surface area contributed by atoms with Crippen molar-refractivity contribution < 1.29 is 14.3 Å². The molecular formula is C24H26N2O3S. The molecule has 0 aliphatic carbocycles. The minimum atomic E-state index is -0.376. The summed E-state index contributed by atoms with van der Waals surface area (Å²) >= 11 is 1.36. The van der Waals surface area contributed by atoms with Crippen molar-refractivity contribution in [3.63, 3.8) is 0 Å². The van der Waals surface area contributed by atoms with Gasteiger partial charge < -0.3 is 4.74 Å². The highest BCUT2D eigenvalue weighted by Gasteiger charge is 2.22. The molecule has 3 aromatic rings. The zero-order valence-electron chi connectivity index (χ0n) is 18.2. The third-order valence-corrected chi connectivity index (χ3v) is 5.96. The SMILES string of the molecule is CC(=O)N(c1nc(COC(=O)c2cccc(C)c2C)cs1)c1c(C)cc(C)cc1C. The number of ether oxygens (including phenoxy) is 1. The van der Waals surface area contributed by atoms with Gasteiger partial charge in [-0.3, -0.25) is 9.69 Å². The van der Waals surface area contributed by atoms with Gasteiger partial charge in [-0.15, -0.1) is 11.3 Å². The third kappa shape index (κ3) is 4.44. The van der Waals surface area contributed by atoms with Crippen molar-refractivity contribution in [3.05, 3.63) is 74.8 Å². The molecule has 0 saturated carbocycles. The lowest BCUT2D eigenvalue weighted by molar-refractivity contribution is -0.115. The number of aromatic nitrogens is 1. The Hall–Kier alpha value is -2.99. The number of carbonyl (C=O) groups excluding carboxylic acids is 2. The van der Waals surface area contributed by atoms with E-state index in [1.807, 2.05) is 52.1 Å². The lowest BCUT2D eigenvalue weighted by Crippen LogP contribution is -2.24. The summed E-state index contributed by atoms with van der Waals surface area (Å²) in [5, 5.41) is 2.39. The maximum Gasteiger partial charge on any atom is 0.338 e. The van der Waals surface area contributed by atoms with Gasteiger partial charge >= 0.3 is 5.97 Å². The first-order chi connectivity index (χ1) is 14.2. The standard InChI is InChI=1S/C24H26N2O3S/c1-14-10-16(3)22(17(4)11-14)26(19(6)27)24-25-20(13-30-24)12-29-23(28)21-9-7-8-15(2)18(21)5/h7-11,13H,12H2,1-6H3. The molecule has 30 heavy (non-hydrogen) atoms. The van der Waals surface area contributed by atoms with E-state index in [1.54, 1.807) is 11.0 Å². The van der Waals surface area contributed by atoms with Crippen molar-refractivity contribution in [3.8, 4) is 0 Å². The van der Waals surface area contributed by atoms with E-state index in [-0.39, 0.29) is 18.5 Å². The van der Waals surface area contributed by atoms with Gasteiger partial charge in [-0.05, 0) is 62.9 Å². The second-order valence-electron chi connectivity index (χ2n) is 7.55. The van der Waals surface area contributed by atoms with Crippen LogP contribution in [0.25, 0.3) is 0 Å². The fourth-order valence-corrected chi connectivity index (χ4v) is 4.43. The maximum atomic E-state index is 12.5. The van der Waals surface area contributed by atoms with Crippen LogP contribution in [0.2, 0.25) is 0 Å². The van der Waals surface area contributed by atoms with Crippen LogP contribution in [-0.4, -0.2) is 16.9 Å². The Morgan fingerprint density at radius 1 is 1.03 bits per heavy atom. The number of hydrogen-bond acceptors (Lipinski definition) is 5. The molecule has 1 amide bonds. The number of carbonyl (C=O) groups is 2. The van der Waals surface area contributed by atoms with Gasteiger partial charge in [-0.2, -0.15) is 0 Å². The average Bonchev–Trinajstić information content (AvgIpc) is 3.12. The second kappa shape index (κ2) is 8.79. The smallest absolute Gasteiger partial charge is 0.338 e. The Morgan fingerprint density at radius 3 is 2.33 bits per heavy atom. The van der Waals surface area contributed by atoms with Crippen molar-refractivity contribution in [2.45, 2.75) is 48.1 Å². The van der Waals surface area contributed by atoms with Gasteiger partial charge in [0.05, 0.1) is 16.9 Å². The molecule has 0 N–H and O–H groups in total. The number of aryl methyl sites for hydroxylation is 4. The van der Waals surface area contributed by atoms with E-state index < -0.39 is 0 Å². The molecular weight excluding hydrogens is 396 g/mol. The van der Waals surface area contributed by atoms with Crippen LogP contribution in [0.3, 0.4) is 0 Å². The summed E-state index contributed by atoms with van der Waals surface area (Å²) in [6, 6.07) is 9.68. The topological polar surface area (TPSA) is 59.5 Å². The highest BCUT2D eigenvalue weighted by atomic mass is 32.1. The predicted molar refractivity (Wildman–Crippen MR) is 121 cm³/mol. The zero-order chi connectivity index (χ0) is 22.0. The van der Waals surface area contributed by atoms with Crippen LogP contribution in [0.5, 0.6) is 0 Å². The lowest BCUT2D eigenvalue weighted by atomic mass is 10.0. The highest BCUT2D eigenvalue weighted by molar-refractivity contribution is 7.14. The van der Waals surface area contributed by atoms with Crippen LogP contribution in [0.4, 0.5) is 10.8 Å². The van der Waals surface area contributed by atoms with Crippen molar-refractivity contribution >= 4 is 34.0 Å². The molecule has 3 rings (SSSR count). The Balaban J connectivity index is 1.81. The van der Waals surface area contributed by atoms with Crippen LogP contribution < -0.4 is 4.90 Å². The van der Waals surface area contributed by atoms with Gasteiger partial charge in [0.1, 0.15) is 6.61 Å². The van der Waals surface area contributed by atoms with Gasteiger partial charge in [0, 0.05) is 12.3 Å². The third-order valence-electron chi connectivity index (χ3n) is 5.08. The molecule has 0 radical (unpaired) electrons. The molecule has 6 heteroatoms. The van der Waals surface area contributed by atoms with E-state index >= 15 is 0 Å². The van der Waals surface area contributed by atoms with Gasteiger partial charge in [-0.25, -0.2) is 9.78 Å². The van der Waals surface area contributed by atoms with E-state index in [2.05, 4.69) is 17.1 Å². The summed E-state index contributed by atoms with van der Waals surface area (Å²) in [4.78, 5) is 31.1. The van der Waals surface area contributed by atoms with E-state index in [9.17, 15) is 9.59 Å². The summed E-state index contributed by atoms with van der Waals surface area (Å²) < 4.78 is 5.47. The fraction of sp³-hybridized carbons (Fsp3) is 0.292. The Kier molecular flexibility index (Phi) is 6.37. The van der Waals surface area contributed by atoms with Crippen LogP contribution in [0, 0.1) is 34.6 Å². The van der Waals surface area contributed by atoms with Gasteiger partial charge in [-0.1, -0.05) is 29.8 Å². The molecule has 0 saturated heterocycles. The molecule has 0 fully saturated rings. The molecule has 5 nitrogen and oxygen atoms in total. The number of thiazole rings is 1. The number of rotatable bonds is 5. The van der Waals surface area contributed by atoms with E-state index in [0.29, 0.717) is 16.4 Å². The van der Waals surface area contributed by atoms with Crippen molar-refractivity contribution in [1.29, 1.82) is 0 Å². The number of anilines is 2. The predicted octanol–water partition coefficient (Wildman–Crippen LogP) is 5.73. The molecule has 0 bridgehead atoms. The molecule has 2 aromatic carbocycles. The minimum Gasteiger partial charge on any atom is -0.456 e. The number of hydrogen-bond donors (Lipinski definition) is 0. The number of benzene rings is 2. The normalized spacial score (nSPS) is 10.7. The van der Waals surface area contributed by atoms with Gasteiger partial charge in [0.15, 0.2) is 5.13 Å². The highest BCUT2D eigenvalue weighted by Crippen LogP contribution is 2.34. The Labute approximate surface area is 181 Å². The summed E-state index contributed by atoms with van der Waals surface area (Å²) in [5.41, 5.74) is 7.15. The summed E-state index contributed by atoms with van der Waals surface area (Å²) in [6.07, 6.45) is 0. The minimum absolute atomic E-state index is 0.0559. The maximum absolute atomic E-state index is 12.5. The fourth-order valence-electron chi connectivity index (χ4n) is 3.57. The number of amides is 1. The molecule has 0 atom stereocenters. The van der Waals surface area contributed by atoms with Gasteiger partial charge in [0.25, 0.3) is 0 Å². The first-order valence-electron chi connectivity index (χ1n) is 9.75. The van der Waals surface area contributed by atoms with Crippen LogP contribution >= 0.6 is 11.3 Å². The second-order valence-corrected chi connectivity index (χ2v) is 8.38. The summed E-state index contributed by atoms with van der Waals surface area (Å²) in [5.74, 6) is -0.488. The molecule has 1 aromatic heterocycles. The Morgan fingerprint density at radius 2 is 1.70 bits per heavy atom. The summed E-state index contributed by atoms with van der Waals surface area (Å²) in [7, 11) is 0. The van der Waals surface area contributed by atoms with Crippen molar-refractivity contribution in [2.24, 2.45) is 0 Å².